The van der Waals surface area contributed by atoms with Gasteiger partial charge in [-0.3, -0.25) is 4.79 Å². The first kappa shape index (κ1) is 19.4. The minimum absolute atomic E-state index is 0.0116. The van der Waals surface area contributed by atoms with Crippen molar-refractivity contribution in [2.24, 2.45) is 0 Å². The molecular weight excluding hydrogens is 366 g/mol. The van der Waals surface area contributed by atoms with Gasteiger partial charge in [-0.05, 0) is 41.8 Å². The summed E-state index contributed by atoms with van der Waals surface area (Å²) in [6, 6.07) is 21.3. The molecule has 1 saturated heterocycles. The van der Waals surface area contributed by atoms with Gasteiger partial charge in [0.05, 0.1) is 25.0 Å². The quantitative estimate of drug-likeness (QED) is 0.623. The van der Waals surface area contributed by atoms with Crippen LogP contribution in [-0.4, -0.2) is 23.7 Å². The first-order valence-electron chi connectivity index (χ1n) is 9.95. The van der Waals surface area contributed by atoms with Gasteiger partial charge >= 0.3 is 0 Å². The molecule has 5 nitrogen and oxygen atoms in total. The number of benzene rings is 2. The van der Waals surface area contributed by atoms with Gasteiger partial charge in [-0.2, -0.15) is 0 Å². The Bertz CT molecular complexity index is 906. The van der Waals surface area contributed by atoms with Crippen molar-refractivity contribution in [3.63, 3.8) is 0 Å². The summed E-state index contributed by atoms with van der Waals surface area (Å²) in [6.45, 7) is 0.862. The van der Waals surface area contributed by atoms with Crippen LogP contribution in [0.25, 0.3) is 0 Å². The summed E-state index contributed by atoms with van der Waals surface area (Å²) in [6.07, 6.45) is 2.90. The van der Waals surface area contributed by atoms with E-state index in [1.165, 1.54) is 0 Å². The Labute approximate surface area is 170 Å². The highest BCUT2D eigenvalue weighted by Gasteiger charge is 2.32. The van der Waals surface area contributed by atoms with E-state index in [4.69, 9.17) is 9.15 Å². The van der Waals surface area contributed by atoms with Crippen LogP contribution in [-0.2, 0) is 22.6 Å². The predicted octanol–water partition coefficient (Wildman–Crippen LogP) is 4.27. The van der Waals surface area contributed by atoms with Crippen LogP contribution in [0.1, 0.15) is 35.8 Å². The van der Waals surface area contributed by atoms with Crippen LogP contribution in [0.15, 0.2) is 77.4 Å². The Morgan fingerprint density at radius 2 is 1.86 bits per heavy atom. The lowest BCUT2D eigenvalue weighted by molar-refractivity contribution is -0.117. The summed E-state index contributed by atoms with van der Waals surface area (Å²) >= 11 is 0. The second kappa shape index (κ2) is 9.07. The van der Waals surface area contributed by atoms with Crippen molar-refractivity contribution in [2.75, 3.05) is 11.5 Å². The molecule has 5 heteroatoms. The van der Waals surface area contributed by atoms with E-state index in [9.17, 15) is 9.90 Å². The molecule has 2 heterocycles. The van der Waals surface area contributed by atoms with E-state index in [2.05, 4.69) is 0 Å². The average molecular weight is 391 g/mol. The van der Waals surface area contributed by atoms with Gasteiger partial charge in [0.15, 0.2) is 0 Å². The molecular formula is C24H25NO4. The lowest BCUT2D eigenvalue weighted by Gasteiger charge is -2.25. The minimum Gasteiger partial charge on any atom is -0.467 e. The number of amides is 1. The highest BCUT2D eigenvalue weighted by Crippen LogP contribution is 2.29. The summed E-state index contributed by atoms with van der Waals surface area (Å²) in [5.74, 6) is 0.881. The van der Waals surface area contributed by atoms with Crippen molar-refractivity contribution in [3.05, 3.63) is 89.9 Å². The average Bonchev–Trinajstić information content (AvgIpc) is 3.39. The van der Waals surface area contributed by atoms with E-state index in [1.54, 1.807) is 6.26 Å². The molecule has 4 rings (SSSR count). The Morgan fingerprint density at radius 1 is 1.07 bits per heavy atom. The van der Waals surface area contributed by atoms with Crippen molar-refractivity contribution < 1.29 is 19.1 Å². The molecule has 2 aromatic carbocycles. The van der Waals surface area contributed by atoms with Crippen LogP contribution in [0.2, 0.25) is 0 Å². The zero-order chi connectivity index (χ0) is 20.1. The van der Waals surface area contributed by atoms with Gasteiger partial charge in [-0.1, -0.05) is 42.5 Å². The third kappa shape index (κ3) is 4.75. The van der Waals surface area contributed by atoms with Crippen LogP contribution in [0.5, 0.6) is 0 Å². The molecule has 29 heavy (non-hydrogen) atoms. The normalized spacial score (nSPS) is 17.6. The molecule has 0 spiro atoms. The molecule has 0 aliphatic carbocycles. The van der Waals surface area contributed by atoms with E-state index < -0.39 is 6.10 Å². The lowest BCUT2D eigenvalue weighted by Crippen LogP contribution is -2.36. The predicted molar refractivity (Wildman–Crippen MR) is 110 cm³/mol. The van der Waals surface area contributed by atoms with Gasteiger partial charge in [0.25, 0.3) is 0 Å². The highest BCUT2D eigenvalue weighted by atomic mass is 16.5. The molecule has 1 N–H and O–H groups in total. The van der Waals surface area contributed by atoms with Crippen LogP contribution >= 0.6 is 0 Å². The van der Waals surface area contributed by atoms with Crippen LogP contribution < -0.4 is 4.90 Å². The Balaban J connectivity index is 1.38. The summed E-state index contributed by atoms with van der Waals surface area (Å²) < 4.78 is 11.0. The van der Waals surface area contributed by atoms with Crippen molar-refractivity contribution in [1.29, 1.82) is 0 Å². The van der Waals surface area contributed by atoms with Gasteiger partial charge in [0.2, 0.25) is 5.91 Å². The lowest BCUT2D eigenvalue weighted by atomic mass is 10.0. The second-order valence-electron chi connectivity index (χ2n) is 7.35. The van der Waals surface area contributed by atoms with Gasteiger partial charge in [-0.25, -0.2) is 0 Å². The zero-order valence-corrected chi connectivity index (χ0v) is 16.2. The molecule has 1 fully saturated rings. The molecule has 1 amide bonds. The van der Waals surface area contributed by atoms with Gasteiger partial charge < -0.3 is 19.2 Å². The van der Waals surface area contributed by atoms with E-state index in [1.807, 2.05) is 71.6 Å². The molecule has 1 aromatic heterocycles. The van der Waals surface area contributed by atoms with Gasteiger partial charge in [0, 0.05) is 18.5 Å². The molecule has 1 aliphatic heterocycles. The Morgan fingerprint density at radius 3 is 2.59 bits per heavy atom. The Hall–Kier alpha value is -2.89. The van der Waals surface area contributed by atoms with Crippen molar-refractivity contribution >= 4 is 11.6 Å². The number of hydrogen-bond acceptors (Lipinski definition) is 4. The second-order valence-corrected chi connectivity index (χ2v) is 7.35. The summed E-state index contributed by atoms with van der Waals surface area (Å²) in [5, 5.41) is 10.5. The first-order chi connectivity index (χ1) is 14.2. The molecule has 1 aliphatic rings. The van der Waals surface area contributed by atoms with Crippen LogP contribution in [0.4, 0.5) is 5.69 Å². The molecule has 0 bridgehead atoms. The minimum atomic E-state index is -0.576. The maximum atomic E-state index is 12.4. The third-order valence-corrected chi connectivity index (χ3v) is 5.29. The standard InChI is InChI=1S/C24H25NO4/c26-23(15-18-5-2-1-3-6-18)19-8-10-20(11-9-19)25-21(12-13-24(25)27)16-28-17-22-7-4-14-29-22/h1-11,14,21,23,26H,12-13,15-17H2/t21?,23-/m1/s1. The summed E-state index contributed by atoms with van der Waals surface area (Å²) in [4.78, 5) is 14.3. The number of furan rings is 1. The number of hydrogen-bond donors (Lipinski definition) is 1. The number of carbonyl (C=O) groups is 1. The van der Waals surface area contributed by atoms with Crippen molar-refractivity contribution in [3.8, 4) is 0 Å². The van der Waals surface area contributed by atoms with E-state index in [-0.39, 0.29) is 11.9 Å². The Kier molecular flexibility index (Phi) is 6.08. The van der Waals surface area contributed by atoms with Crippen molar-refractivity contribution in [2.45, 2.75) is 38.0 Å². The molecule has 0 saturated carbocycles. The summed E-state index contributed by atoms with van der Waals surface area (Å²) in [7, 11) is 0. The largest absolute Gasteiger partial charge is 0.467 e. The van der Waals surface area contributed by atoms with Gasteiger partial charge in [0.1, 0.15) is 12.4 Å². The van der Waals surface area contributed by atoms with Crippen LogP contribution in [0.3, 0.4) is 0 Å². The molecule has 3 aromatic rings. The SMILES string of the molecule is O=C1CCC(COCc2ccco2)N1c1ccc([C@H](O)Cc2ccccc2)cc1. The third-order valence-electron chi connectivity index (χ3n) is 5.29. The number of rotatable bonds is 8. The van der Waals surface area contributed by atoms with Crippen LogP contribution in [0, 0.1) is 0 Å². The maximum absolute atomic E-state index is 12.4. The molecule has 150 valence electrons. The maximum Gasteiger partial charge on any atom is 0.227 e. The van der Waals surface area contributed by atoms with E-state index in [0.717, 1.165) is 29.0 Å². The molecule has 0 radical (unpaired) electrons. The fourth-order valence-corrected chi connectivity index (χ4v) is 3.76. The number of ether oxygens (including phenoxy) is 1. The number of aliphatic hydroxyl groups is 1. The number of anilines is 1. The van der Waals surface area contributed by atoms with Crippen molar-refractivity contribution in [1.82, 2.24) is 0 Å². The fourth-order valence-electron chi connectivity index (χ4n) is 3.76. The fraction of sp³-hybridized carbons (Fsp3) is 0.292. The summed E-state index contributed by atoms with van der Waals surface area (Å²) in [5.41, 5.74) is 2.78. The monoisotopic (exact) mass is 391 g/mol. The number of aliphatic hydroxyl groups excluding tert-OH is 1. The first-order valence-corrected chi connectivity index (χ1v) is 9.95. The number of nitrogens with zero attached hydrogens (tertiary/aromatic N) is 1. The zero-order valence-electron chi connectivity index (χ0n) is 16.2. The van der Waals surface area contributed by atoms with Gasteiger partial charge in [-0.15, -0.1) is 0 Å². The molecule has 1 unspecified atom stereocenters. The smallest absolute Gasteiger partial charge is 0.227 e. The molecule has 2 atom stereocenters. The number of carbonyl (C=O) groups excluding carboxylic acids is 1. The highest BCUT2D eigenvalue weighted by molar-refractivity contribution is 5.96. The topological polar surface area (TPSA) is 62.9 Å². The van der Waals surface area contributed by atoms with E-state index >= 15 is 0 Å². The van der Waals surface area contributed by atoms with E-state index in [0.29, 0.717) is 26.1 Å².